The zero-order valence-electron chi connectivity index (χ0n) is 10.4. The molecule has 0 radical (unpaired) electrons. The van der Waals surface area contributed by atoms with Gasteiger partial charge in [0.2, 0.25) is 5.91 Å². The van der Waals surface area contributed by atoms with Crippen LogP contribution >= 0.6 is 0 Å². The first-order chi connectivity index (χ1) is 8.00. The number of amides is 1. The SMILES string of the molecule is CC(C)C(NC(=O)CN1CCNCC1)C(=O)O. The Bertz CT molecular complexity index is 275. The summed E-state index contributed by atoms with van der Waals surface area (Å²) in [5.74, 6) is -1.30. The van der Waals surface area contributed by atoms with Crippen LogP contribution in [0.3, 0.4) is 0 Å². The molecular formula is C11H21N3O3. The second-order valence-corrected chi connectivity index (χ2v) is 4.65. The number of aliphatic carboxylic acids is 1. The molecule has 1 rings (SSSR count). The van der Waals surface area contributed by atoms with E-state index in [1.165, 1.54) is 0 Å². The lowest BCUT2D eigenvalue weighted by atomic mass is 10.0. The molecule has 0 aromatic rings. The molecule has 1 amide bonds. The predicted octanol–water partition coefficient (Wildman–Crippen LogP) is -0.883. The summed E-state index contributed by atoms with van der Waals surface area (Å²) in [6.45, 7) is 7.24. The number of hydrogen-bond donors (Lipinski definition) is 3. The number of carbonyl (C=O) groups is 2. The van der Waals surface area contributed by atoms with Crippen LogP contribution in [0.15, 0.2) is 0 Å². The molecule has 0 saturated carbocycles. The van der Waals surface area contributed by atoms with Gasteiger partial charge in [0.05, 0.1) is 6.54 Å². The summed E-state index contributed by atoms with van der Waals surface area (Å²) >= 11 is 0. The molecule has 1 unspecified atom stereocenters. The van der Waals surface area contributed by atoms with E-state index in [9.17, 15) is 9.59 Å². The van der Waals surface area contributed by atoms with Crippen molar-refractivity contribution in [3.05, 3.63) is 0 Å². The van der Waals surface area contributed by atoms with Crippen LogP contribution in [0.25, 0.3) is 0 Å². The molecule has 0 spiro atoms. The Balaban J connectivity index is 2.38. The fraction of sp³-hybridized carbons (Fsp3) is 0.818. The third-order valence-corrected chi connectivity index (χ3v) is 2.83. The third kappa shape index (κ3) is 4.70. The van der Waals surface area contributed by atoms with Gasteiger partial charge in [-0.2, -0.15) is 0 Å². The lowest BCUT2D eigenvalue weighted by molar-refractivity contribution is -0.143. The summed E-state index contributed by atoms with van der Waals surface area (Å²) in [4.78, 5) is 24.6. The minimum absolute atomic E-state index is 0.112. The minimum atomic E-state index is -0.978. The van der Waals surface area contributed by atoms with Crippen LogP contribution in [0.4, 0.5) is 0 Å². The van der Waals surface area contributed by atoms with Gasteiger partial charge in [0, 0.05) is 26.2 Å². The number of carbonyl (C=O) groups excluding carboxylic acids is 1. The number of rotatable bonds is 5. The van der Waals surface area contributed by atoms with Gasteiger partial charge in [0.15, 0.2) is 0 Å². The average molecular weight is 243 g/mol. The molecule has 6 nitrogen and oxygen atoms in total. The first-order valence-electron chi connectivity index (χ1n) is 5.96. The Hall–Kier alpha value is -1.14. The topological polar surface area (TPSA) is 81.7 Å². The molecule has 0 aromatic heterocycles. The van der Waals surface area contributed by atoms with Crippen molar-refractivity contribution in [1.29, 1.82) is 0 Å². The van der Waals surface area contributed by atoms with Crippen LogP contribution in [0.2, 0.25) is 0 Å². The number of hydrogen-bond acceptors (Lipinski definition) is 4. The zero-order valence-corrected chi connectivity index (χ0v) is 10.4. The largest absolute Gasteiger partial charge is 0.480 e. The smallest absolute Gasteiger partial charge is 0.326 e. The average Bonchev–Trinajstić information content (AvgIpc) is 2.26. The fourth-order valence-corrected chi connectivity index (χ4v) is 1.80. The second kappa shape index (κ2) is 6.56. The number of piperazine rings is 1. The van der Waals surface area contributed by atoms with Crippen LogP contribution in [0.5, 0.6) is 0 Å². The molecule has 1 aliphatic rings. The highest BCUT2D eigenvalue weighted by Gasteiger charge is 2.24. The van der Waals surface area contributed by atoms with Gasteiger partial charge in [-0.3, -0.25) is 9.69 Å². The highest BCUT2D eigenvalue weighted by molar-refractivity contribution is 5.84. The Kier molecular flexibility index (Phi) is 5.37. The van der Waals surface area contributed by atoms with E-state index in [-0.39, 0.29) is 18.4 Å². The van der Waals surface area contributed by atoms with Gasteiger partial charge in [-0.1, -0.05) is 13.8 Å². The Morgan fingerprint density at radius 3 is 2.41 bits per heavy atom. The van der Waals surface area contributed by atoms with Crippen molar-refractivity contribution >= 4 is 11.9 Å². The summed E-state index contributed by atoms with van der Waals surface area (Å²) < 4.78 is 0. The van der Waals surface area contributed by atoms with E-state index in [0.717, 1.165) is 26.2 Å². The van der Waals surface area contributed by atoms with Crippen molar-refractivity contribution < 1.29 is 14.7 Å². The molecule has 0 aliphatic carbocycles. The number of carboxylic acids is 1. The number of nitrogens with zero attached hydrogens (tertiary/aromatic N) is 1. The summed E-state index contributed by atoms with van der Waals surface area (Å²) in [5.41, 5.74) is 0. The summed E-state index contributed by atoms with van der Waals surface area (Å²) in [6.07, 6.45) is 0. The maximum absolute atomic E-state index is 11.7. The number of carboxylic acid groups (broad SMARTS) is 1. The first-order valence-corrected chi connectivity index (χ1v) is 5.96. The molecule has 98 valence electrons. The quantitative estimate of drug-likeness (QED) is 0.584. The first kappa shape index (κ1) is 13.9. The molecule has 0 bridgehead atoms. The monoisotopic (exact) mass is 243 g/mol. The van der Waals surface area contributed by atoms with Gasteiger partial charge in [-0.05, 0) is 5.92 Å². The molecule has 1 heterocycles. The summed E-state index contributed by atoms with van der Waals surface area (Å²) in [6, 6.07) is -0.801. The van der Waals surface area contributed by atoms with E-state index < -0.39 is 12.0 Å². The van der Waals surface area contributed by atoms with Crippen molar-refractivity contribution in [2.45, 2.75) is 19.9 Å². The van der Waals surface area contributed by atoms with E-state index >= 15 is 0 Å². The van der Waals surface area contributed by atoms with Gasteiger partial charge >= 0.3 is 5.97 Å². The van der Waals surface area contributed by atoms with E-state index in [2.05, 4.69) is 10.6 Å². The van der Waals surface area contributed by atoms with Crippen molar-refractivity contribution in [3.63, 3.8) is 0 Å². The van der Waals surface area contributed by atoms with Crippen molar-refractivity contribution in [2.75, 3.05) is 32.7 Å². The van der Waals surface area contributed by atoms with Gasteiger partial charge in [0.1, 0.15) is 6.04 Å². The third-order valence-electron chi connectivity index (χ3n) is 2.83. The lowest BCUT2D eigenvalue weighted by Gasteiger charge is -2.27. The minimum Gasteiger partial charge on any atom is -0.480 e. The molecular weight excluding hydrogens is 222 g/mol. The van der Waals surface area contributed by atoms with Crippen LogP contribution in [0.1, 0.15) is 13.8 Å². The van der Waals surface area contributed by atoms with Gasteiger partial charge in [0.25, 0.3) is 0 Å². The maximum atomic E-state index is 11.7. The maximum Gasteiger partial charge on any atom is 0.326 e. The summed E-state index contributed by atoms with van der Waals surface area (Å²) in [7, 11) is 0. The number of nitrogens with one attached hydrogen (secondary N) is 2. The van der Waals surface area contributed by atoms with Gasteiger partial charge in [-0.25, -0.2) is 4.79 Å². The van der Waals surface area contributed by atoms with Crippen molar-refractivity contribution in [2.24, 2.45) is 5.92 Å². The van der Waals surface area contributed by atoms with Crippen molar-refractivity contribution in [1.82, 2.24) is 15.5 Å². The van der Waals surface area contributed by atoms with Gasteiger partial charge in [-0.15, -0.1) is 0 Å². The molecule has 3 N–H and O–H groups in total. The van der Waals surface area contributed by atoms with Gasteiger partial charge < -0.3 is 15.7 Å². The fourth-order valence-electron chi connectivity index (χ4n) is 1.80. The standard InChI is InChI=1S/C11H21N3O3/c1-8(2)10(11(16)17)13-9(15)7-14-5-3-12-4-6-14/h8,10,12H,3-7H2,1-2H3,(H,13,15)(H,16,17). The van der Waals surface area contributed by atoms with E-state index in [1.807, 2.05) is 4.90 Å². The Labute approximate surface area is 101 Å². The molecule has 17 heavy (non-hydrogen) atoms. The second-order valence-electron chi connectivity index (χ2n) is 4.65. The Morgan fingerprint density at radius 1 is 1.35 bits per heavy atom. The van der Waals surface area contributed by atoms with E-state index in [1.54, 1.807) is 13.8 Å². The molecule has 6 heteroatoms. The zero-order chi connectivity index (χ0) is 12.8. The van der Waals surface area contributed by atoms with E-state index in [0.29, 0.717) is 0 Å². The molecule has 1 fully saturated rings. The van der Waals surface area contributed by atoms with Crippen LogP contribution in [-0.4, -0.2) is 60.6 Å². The summed E-state index contributed by atoms with van der Waals surface area (Å²) in [5, 5.41) is 14.7. The van der Waals surface area contributed by atoms with Crippen LogP contribution in [0, 0.1) is 5.92 Å². The predicted molar refractivity (Wildman–Crippen MR) is 63.7 cm³/mol. The van der Waals surface area contributed by atoms with Crippen LogP contribution < -0.4 is 10.6 Å². The lowest BCUT2D eigenvalue weighted by Crippen LogP contribution is -2.51. The molecule has 1 atom stereocenters. The van der Waals surface area contributed by atoms with Crippen LogP contribution in [-0.2, 0) is 9.59 Å². The molecule has 1 saturated heterocycles. The van der Waals surface area contributed by atoms with Crippen molar-refractivity contribution in [3.8, 4) is 0 Å². The normalized spacial score (nSPS) is 19.0. The van der Waals surface area contributed by atoms with E-state index in [4.69, 9.17) is 5.11 Å². The Morgan fingerprint density at radius 2 is 1.94 bits per heavy atom. The highest BCUT2D eigenvalue weighted by atomic mass is 16.4. The molecule has 0 aromatic carbocycles. The highest BCUT2D eigenvalue weighted by Crippen LogP contribution is 2.02. The molecule has 1 aliphatic heterocycles.